The lowest BCUT2D eigenvalue weighted by atomic mass is 10.2. The molecule has 0 spiro atoms. The molecule has 0 saturated heterocycles. The van der Waals surface area contributed by atoms with E-state index < -0.39 is 44.9 Å². The van der Waals surface area contributed by atoms with Crippen LogP contribution in [0.25, 0.3) is 0 Å². The normalized spacial score (nSPS) is 11.0. The van der Waals surface area contributed by atoms with Gasteiger partial charge in [0.15, 0.2) is 4.90 Å². The molecule has 2 aromatic carbocycles. The molecule has 0 fully saturated rings. The quantitative estimate of drug-likeness (QED) is 0.520. The fourth-order valence-electron chi connectivity index (χ4n) is 2.89. The lowest BCUT2D eigenvalue weighted by Gasteiger charge is -2.24. The maximum Gasteiger partial charge on any atom is 0.409 e. The van der Waals surface area contributed by atoms with E-state index >= 15 is 0 Å². The van der Waals surface area contributed by atoms with Gasteiger partial charge in [-0.1, -0.05) is 0 Å². The number of halogens is 2. The Labute approximate surface area is 187 Å². The number of methoxy groups -OCH3 is 2. The number of nitrogens with zero attached hydrogens (tertiary/aromatic N) is 3. The number of aromatic nitrogens is 2. The van der Waals surface area contributed by atoms with Crippen molar-refractivity contribution in [1.82, 2.24) is 9.97 Å². The van der Waals surface area contributed by atoms with E-state index in [-0.39, 0.29) is 11.7 Å². The van der Waals surface area contributed by atoms with Crippen LogP contribution in [0.5, 0.6) is 17.2 Å². The van der Waals surface area contributed by atoms with Crippen molar-refractivity contribution >= 4 is 22.1 Å². The Bertz CT molecular complexity index is 1250. The van der Waals surface area contributed by atoms with Gasteiger partial charge in [-0.3, -0.25) is 0 Å². The minimum atomic E-state index is -4.90. The van der Waals surface area contributed by atoms with Crippen LogP contribution in [0.3, 0.4) is 0 Å². The number of benzene rings is 2. The summed E-state index contributed by atoms with van der Waals surface area (Å²) in [6.07, 6.45) is 1.22. The fraction of sp³-hybridized carbons (Fsp3) is 0.150. The van der Waals surface area contributed by atoms with Crippen LogP contribution in [0.15, 0.2) is 53.7 Å². The SMILES string of the molecule is COc1ccc(CN(c2ncccn2)S(=O)(=O)c2c(F)cc(OC(N)=O)cc2F)c(OC)c1. The summed E-state index contributed by atoms with van der Waals surface area (Å²) >= 11 is 0. The van der Waals surface area contributed by atoms with Crippen LogP contribution in [-0.2, 0) is 16.6 Å². The van der Waals surface area contributed by atoms with E-state index in [0.29, 0.717) is 27.8 Å². The molecular formula is C20H18F2N4O6S. The summed E-state index contributed by atoms with van der Waals surface area (Å²) in [6, 6.07) is 7.10. The van der Waals surface area contributed by atoms with Gasteiger partial charge in [0, 0.05) is 36.2 Å². The summed E-state index contributed by atoms with van der Waals surface area (Å²) in [5.74, 6) is -3.25. The fourth-order valence-corrected chi connectivity index (χ4v) is 4.34. The number of ether oxygens (including phenoxy) is 3. The van der Waals surface area contributed by atoms with Crippen molar-refractivity contribution in [2.75, 3.05) is 18.5 Å². The van der Waals surface area contributed by atoms with Gasteiger partial charge in [0.2, 0.25) is 5.95 Å². The largest absolute Gasteiger partial charge is 0.497 e. The summed E-state index contributed by atoms with van der Waals surface area (Å²) < 4.78 is 71.8. The van der Waals surface area contributed by atoms with E-state index in [4.69, 9.17) is 15.2 Å². The van der Waals surface area contributed by atoms with Crippen molar-refractivity contribution in [1.29, 1.82) is 0 Å². The van der Waals surface area contributed by atoms with E-state index in [2.05, 4.69) is 14.7 Å². The van der Waals surface area contributed by atoms with Gasteiger partial charge in [-0.25, -0.2) is 36.3 Å². The maximum absolute atomic E-state index is 14.8. The molecule has 10 nitrogen and oxygen atoms in total. The van der Waals surface area contributed by atoms with Crippen LogP contribution in [0.1, 0.15) is 5.56 Å². The second-order valence-corrected chi connectivity index (χ2v) is 8.17. The lowest BCUT2D eigenvalue weighted by Crippen LogP contribution is -2.33. The number of hydrogen-bond donors (Lipinski definition) is 1. The Morgan fingerprint density at radius 3 is 2.21 bits per heavy atom. The second-order valence-electron chi connectivity index (χ2n) is 6.38. The van der Waals surface area contributed by atoms with Gasteiger partial charge in [0.1, 0.15) is 28.9 Å². The molecule has 2 N–H and O–H groups in total. The molecule has 33 heavy (non-hydrogen) atoms. The highest BCUT2D eigenvalue weighted by Gasteiger charge is 2.34. The Hall–Kier alpha value is -4.00. The Morgan fingerprint density at radius 2 is 1.67 bits per heavy atom. The lowest BCUT2D eigenvalue weighted by molar-refractivity contribution is 0.210. The summed E-state index contributed by atoms with van der Waals surface area (Å²) in [4.78, 5) is 17.4. The zero-order chi connectivity index (χ0) is 24.2. The first kappa shape index (κ1) is 23.7. The number of rotatable bonds is 8. The van der Waals surface area contributed by atoms with E-state index in [1.165, 1.54) is 44.8 Å². The number of hydrogen-bond acceptors (Lipinski definition) is 8. The Balaban J connectivity index is 2.14. The molecular weight excluding hydrogens is 462 g/mol. The molecule has 3 aromatic rings. The number of sulfonamides is 1. The third kappa shape index (κ3) is 5.09. The van der Waals surface area contributed by atoms with Gasteiger partial charge in [-0.2, -0.15) is 0 Å². The van der Waals surface area contributed by atoms with Gasteiger partial charge in [0.25, 0.3) is 10.0 Å². The molecule has 0 atom stereocenters. The molecule has 3 rings (SSSR count). The van der Waals surface area contributed by atoms with Gasteiger partial charge < -0.3 is 19.9 Å². The molecule has 0 radical (unpaired) electrons. The molecule has 0 aliphatic heterocycles. The van der Waals surface area contributed by atoms with Gasteiger partial charge in [-0.15, -0.1) is 0 Å². The average molecular weight is 480 g/mol. The zero-order valence-electron chi connectivity index (χ0n) is 17.4. The van der Waals surface area contributed by atoms with E-state index in [0.717, 1.165) is 0 Å². The number of carbonyl (C=O) groups is 1. The van der Waals surface area contributed by atoms with E-state index in [1.54, 1.807) is 6.07 Å². The molecule has 1 heterocycles. The highest BCUT2D eigenvalue weighted by molar-refractivity contribution is 7.92. The summed E-state index contributed by atoms with van der Waals surface area (Å²) in [6.45, 7) is -0.433. The van der Waals surface area contributed by atoms with Crippen LogP contribution in [-0.4, -0.2) is 38.7 Å². The van der Waals surface area contributed by atoms with Crippen LogP contribution in [0.4, 0.5) is 19.5 Å². The number of anilines is 1. The predicted octanol–water partition coefficient (Wildman–Crippen LogP) is 2.63. The number of nitrogens with two attached hydrogens (primary N) is 1. The van der Waals surface area contributed by atoms with Gasteiger partial charge in [-0.05, 0) is 18.2 Å². The maximum atomic E-state index is 14.8. The van der Waals surface area contributed by atoms with Crippen molar-refractivity contribution in [3.8, 4) is 17.2 Å². The van der Waals surface area contributed by atoms with Crippen LogP contribution in [0, 0.1) is 11.6 Å². The first-order chi connectivity index (χ1) is 15.7. The second kappa shape index (κ2) is 9.65. The molecule has 0 aliphatic carbocycles. The van der Waals surface area contributed by atoms with Crippen LogP contribution >= 0.6 is 0 Å². The molecule has 0 saturated carbocycles. The highest BCUT2D eigenvalue weighted by atomic mass is 32.2. The first-order valence-electron chi connectivity index (χ1n) is 9.14. The minimum absolute atomic E-state index is 0.261. The Kier molecular flexibility index (Phi) is 6.92. The van der Waals surface area contributed by atoms with Crippen molar-refractivity contribution in [2.45, 2.75) is 11.4 Å². The molecule has 174 valence electrons. The number of amides is 1. The third-order valence-corrected chi connectivity index (χ3v) is 6.10. The van der Waals surface area contributed by atoms with E-state index in [9.17, 15) is 22.0 Å². The molecule has 13 heteroatoms. The third-order valence-electron chi connectivity index (χ3n) is 4.32. The smallest absolute Gasteiger partial charge is 0.409 e. The number of carbonyl (C=O) groups excluding carboxylic acids is 1. The first-order valence-corrected chi connectivity index (χ1v) is 10.6. The molecule has 0 unspecified atom stereocenters. The van der Waals surface area contributed by atoms with Gasteiger partial charge in [0.05, 0.1) is 20.8 Å². The van der Waals surface area contributed by atoms with Crippen molar-refractivity contribution in [2.24, 2.45) is 5.73 Å². The minimum Gasteiger partial charge on any atom is -0.497 e. The van der Waals surface area contributed by atoms with Crippen molar-refractivity contribution < 1.29 is 36.2 Å². The Morgan fingerprint density at radius 1 is 1.03 bits per heavy atom. The topological polar surface area (TPSA) is 134 Å². The molecule has 1 aromatic heterocycles. The van der Waals surface area contributed by atoms with Crippen molar-refractivity contribution in [3.05, 3.63) is 66.0 Å². The monoisotopic (exact) mass is 480 g/mol. The molecule has 1 amide bonds. The van der Waals surface area contributed by atoms with E-state index in [1.807, 2.05) is 0 Å². The highest BCUT2D eigenvalue weighted by Crippen LogP contribution is 2.32. The van der Waals surface area contributed by atoms with Crippen LogP contribution in [0.2, 0.25) is 0 Å². The molecule has 0 bridgehead atoms. The average Bonchev–Trinajstić information content (AvgIpc) is 2.76. The van der Waals surface area contributed by atoms with Crippen LogP contribution < -0.4 is 24.2 Å². The van der Waals surface area contributed by atoms with Crippen molar-refractivity contribution in [3.63, 3.8) is 0 Å². The predicted molar refractivity (Wildman–Crippen MR) is 112 cm³/mol. The molecule has 0 aliphatic rings. The zero-order valence-corrected chi connectivity index (χ0v) is 18.2. The summed E-state index contributed by atoms with van der Waals surface area (Å²) in [7, 11) is -2.09. The standard InChI is InChI=1S/C20H18F2N4O6S/c1-30-13-5-4-12(17(10-13)31-2)11-26(20-24-6-3-7-25-20)33(28,29)18-15(21)8-14(9-16(18)22)32-19(23)27/h3-10H,11H2,1-2H3,(H2,23,27). The summed E-state index contributed by atoms with van der Waals surface area (Å²) in [5, 5.41) is 0. The van der Waals surface area contributed by atoms with Gasteiger partial charge >= 0.3 is 6.09 Å². The number of primary amides is 1. The summed E-state index contributed by atoms with van der Waals surface area (Å²) in [5.41, 5.74) is 5.17.